The van der Waals surface area contributed by atoms with Crippen molar-refractivity contribution in [3.63, 3.8) is 0 Å². The average Bonchev–Trinajstić information content (AvgIpc) is 2.28. The third-order valence-electron chi connectivity index (χ3n) is 3.03. The fourth-order valence-corrected chi connectivity index (χ4v) is 2.22. The quantitative estimate of drug-likeness (QED) is 0.819. The van der Waals surface area contributed by atoms with E-state index >= 15 is 0 Å². The predicted molar refractivity (Wildman–Crippen MR) is 60.6 cm³/mol. The van der Waals surface area contributed by atoms with Gasteiger partial charge in [0.05, 0.1) is 18.8 Å². The monoisotopic (exact) mass is 224 g/mol. The minimum atomic E-state index is -0.216. The normalized spacial score (nSPS) is 26.9. The van der Waals surface area contributed by atoms with Crippen LogP contribution in [0.3, 0.4) is 0 Å². The van der Waals surface area contributed by atoms with Crippen molar-refractivity contribution < 1.29 is 9.13 Å². The fraction of sp³-hybridized carbons (Fsp3) is 0.500. The van der Waals surface area contributed by atoms with Gasteiger partial charge in [-0.15, -0.1) is 0 Å². The van der Waals surface area contributed by atoms with Crippen molar-refractivity contribution in [3.8, 4) is 0 Å². The molecule has 0 bridgehead atoms. The van der Waals surface area contributed by atoms with Crippen LogP contribution in [0.15, 0.2) is 24.3 Å². The molecule has 2 atom stereocenters. The lowest BCUT2D eigenvalue weighted by atomic mass is 9.98. The number of halogens is 1. The zero-order valence-corrected chi connectivity index (χ0v) is 9.40. The Morgan fingerprint density at radius 1 is 1.56 bits per heavy atom. The SMILES string of the molecule is CN1CCOC(CN)C1c1cccc(F)c1. The number of ether oxygens (including phenoxy) is 1. The Bertz CT molecular complexity index is 359. The summed E-state index contributed by atoms with van der Waals surface area (Å²) in [5.74, 6) is -0.216. The van der Waals surface area contributed by atoms with Crippen LogP contribution in [0.25, 0.3) is 0 Å². The summed E-state index contributed by atoms with van der Waals surface area (Å²) >= 11 is 0. The van der Waals surface area contributed by atoms with Crippen LogP contribution in [0.5, 0.6) is 0 Å². The van der Waals surface area contributed by atoms with Crippen molar-refractivity contribution >= 4 is 0 Å². The highest BCUT2D eigenvalue weighted by atomic mass is 19.1. The summed E-state index contributed by atoms with van der Waals surface area (Å²) in [6, 6.07) is 6.69. The van der Waals surface area contributed by atoms with E-state index in [1.165, 1.54) is 6.07 Å². The molecule has 0 spiro atoms. The number of rotatable bonds is 2. The number of benzene rings is 1. The van der Waals surface area contributed by atoms with Crippen LogP contribution < -0.4 is 5.73 Å². The minimum absolute atomic E-state index is 0.0504. The van der Waals surface area contributed by atoms with Crippen LogP contribution in [0.4, 0.5) is 4.39 Å². The molecular weight excluding hydrogens is 207 g/mol. The minimum Gasteiger partial charge on any atom is -0.374 e. The number of hydrogen-bond acceptors (Lipinski definition) is 3. The second-order valence-electron chi connectivity index (χ2n) is 4.13. The predicted octanol–water partition coefficient (Wildman–Crippen LogP) is 1.16. The highest BCUT2D eigenvalue weighted by Crippen LogP contribution is 2.28. The first-order valence-electron chi connectivity index (χ1n) is 5.49. The second-order valence-corrected chi connectivity index (χ2v) is 4.13. The van der Waals surface area contributed by atoms with Crippen LogP contribution in [0.2, 0.25) is 0 Å². The lowest BCUT2D eigenvalue weighted by Gasteiger charge is -2.38. The van der Waals surface area contributed by atoms with Crippen molar-refractivity contribution in [1.29, 1.82) is 0 Å². The molecule has 88 valence electrons. The number of nitrogens with zero attached hydrogens (tertiary/aromatic N) is 1. The van der Waals surface area contributed by atoms with E-state index in [0.717, 1.165) is 12.1 Å². The van der Waals surface area contributed by atoms with Gasteiger partial charge in [-0.25, -0.2) is 4.39 Å². The molecule has 1 aliphatic rings. The summed E-state index contributed by atoms with van der Waals surface area (Å²) < 4.78 is 18.8. The third-order valence-corrected chi connectivity index (χ3v) is 3.03. The first-order chi connectivity index (χ1) is 7.72. The van der Waals surface area contributed by atoms with E-state index in [1.54, 1.807) is 12.1 Å². The molecule has 1 heterocycles. The van der Waals surface area contributed by atoms with Crippen LogP contribution in [-0.4, -0.2) is 37.7 Å². The number of nitrogens with two attached hydrogens (primary N) is 1. The number of morpholine rings is 1. The highest BCUT2D eigenvalue weighted by molar-refractivity contribution is 5.22. The maximum Gasteiger partial charge on any atom is 0.123 e. The summed E-state index contributed by atoms with van der Waals surface area (Å²) in [7, 11) is 2.01. The van der Waals surface area contributed by atoms with Gasteiger partial charge in [0.25, 0.3) is 0 Å². The molecule has 0 radical (unpaired) electrons. The molecule has 2 unspecified atom stereocenters. The summed E-state index contributed by atoms with van der Waals surface area (Å²) in [6.07, 6.45) is -0.0550. The van der Waals surface area contributed by atoms with Crippen molar-refractivity contribution in [1.82, 2.24) is 4.90 Å². The Labute approximate surface area is 95.0 Å². The molecule has 0 aliphatic carbocycles. The lowest BCUT2D eigenvalue weighted by molar-refractivity contribution is -0.0577. The van der Waals surface area contributed by atoms with Gasteiger partial charge in [0, 0.05) is 13.1 Å². The molecule has 0 amide bonds. The Morgan fingerprint density at radius 2 is 2.38 bits per heavy atom. The standard InChI is InChI=1S/C12H17FN2O/c1-15-5-6-16-11(8-14)12(15)9-3-2-4-10(13)7-9/h2-4,7,11-12H,5-6,8,14H2,1H3. The molecule has 2 rings (SSSR count). The Balaban J connectivity index is 2.28. The summed E-state index contributed by atoms with van der Waals surface area (Å²) in [5, 5.41) is 0. The molecule has 1 aromatic carbocycles. The molecule has 2 N–H and O–H groups in total. The maximum absolute atomic E-state index is 13.2. The topological polar surface area (TPSA) is 38.5 Å². The van der Waals surface area contributed by atoms with E-state index in [-0.39, 0.29) is 18.0 Å². The molecule has 1 aliphatic heterocycles. The van der Waals surface area contributed by atoms with E-state index in [0.29, 0.717) is 13.2 Å². The molecular formula is C12H17FN2O. The molecule has 1 saturated heterocycles. The molecule has 1 fully saturated rings. The Morgan fingerprint density at radius 3 is 3.06 bits per heavy atom. The van der Waals surface area contributed by atoms with Gasteiger partial charge in [0.2, 0.25) is 0 Å². The zero-order chi connectivity index (χ0) is 11.5. The molecule has 0 saturated carbocycles. The first-order valence-corrected chi connectivity index (χ1v) is 5.49. The van der Waals surface area contributed by atoms with Crippen molar-refractivity contribution in [2.24, 2.45) is 5.73 Å². The van der Waals surface area contributed by atoms with Crippen molar-refractivity contribution in [2.75, 3.05) is 26.7 Å². The number of likely N-dealkylation sites (N-methyl/N-ethyl adjacent to an activating group) is 1. The van der Waals surface area contributed by atoms with Gasteiger partial charge < -0.3 is 10.5 Å². The van der Waals surface area contributed by atoms with E-state index in [2.05, 4.69) is 4.90 Å². The van der Waals surface area contributed by atoms with Gasteiger partial charge in [-0.3, -0.25) is 4.90 Å². The molecule has 1 aromatic rings. The molecule has 16 heavy (non-hydrogen) atoms. The Hall–Kier alpha value is -0.970. The van der Waals surface area contributed by atoms with E-state index in [4.69, 9.17) is 10.5 Å². The smallest absolute Gasteiger partial charge is 0.123 e. The largest absolute Gasteiger partial charge is 0.374 e. The van der Waals surface area contributed by atoms with E-state index in [1.807, 2.05) is 13.1 Å². The average molecular weight is 224 g/mol. The highest BCUT2D eigenvalue weighted by Gasteiger charge is 2.30. The van der Waals surface area contributed by atoms with Crippen LogP contribution in [0.1, 0.15) is 11.6 Å². The Kier molecular flexibility index (Phi) is 3.53. The van der Waals surface area contributed by atoms with Gasteiger partial charge in [-0.1, -0.05) is 12.1 Å². The maximum atomic E-state index is 13.2. The molecule has 4 heteroatoms. The second kappa shape index (κ2) is 4.91. The van der Waals surface area contributed by atoms with E-state index < -0.39 is 0 Å². The first kappa shape index (κ1) is 11.5. The van der Waals surface area contributed by atoms with Gasteiger partial charge >= 0.3 is 0 Å². The summed E-state index contributed by atoms with van der Waals surface area (Å²) in [6.45, 7) is 1.98. The summed E-state index contributed by atoms with van der Waals surface area (Å²) in [4.78, 5) is 2.16. The van der Waals surface area contributed by atoms with Crippen LogP contribution in [-0.2, 0) is 4.74 Å². The van der Waals surface area contributed by atoms with Gasteiger partial charge in [-0.2, -0.15) is 0 Å². The van der Waals surface area contributed by atoms with Gasteiger partial charge in [0.1, 0.15) is 5.82 Å². The number of hydrogen-bond donors (Lipinski definition) is 1. The zero-order valence-electron chi connectivity index (χ0n) is 9.40. The van der Waals surface area contributed by atoms with Crippen LogP contribution in [0, 0.1) is 5.82 Å². The van der Waals surface area contributed by atoms with Gasteiger partial charge in [-0.05, 0) is 24.7 Å². The van der Waals surface area contributed by atoms with Crippen molar-refractivity contribution in [3.05, 3.63) is 35.6 Å². The molecule has 3 nitrogen and oxygen atoms in total. The summed E-state index contributed by atoms with van der Waals surface area (Å²) in [5.41, 5.74) is 6.61. The molecule has 0 aromatic heterocycles. The van der Waals surface area contributed by atoms with Crippen molar-refractivity contribution in [2.45, 2.75) is 12.1 Å². The van der Waals surface area contributed by atoms with E-state index in [9.17, 15) is 4.39 Å². The van der Waals surface area contributed by atoms with Crippen LogP contribution >= 0.6 is 0 Å². The van der Waals surface area contributed by atoms with Gasteiger partial charge in [0.15, 0.2) is 0 Å². The fourth-order valence-electron chi connectivity index (χ4n) is 2.22. The third kappa shape index (κ3) is 2.24. The lowest BCUT2D eigenvalue weighted by Crippen LogP contribution is -2.46.